The van der Waals surface area contributed by atoms with Crippen LogP contribution in [0.1, 0.15) is 5.56 Å². The molecular formula is C15H13ClN2O5. The number of aromatic nitrogens is 2. The number of hydrogen-bond acceptors (Lipinski definition) is 6. The number of benzene rings is 1. The van der Waals surface area contributed by atoms with Gasteiger partial charge in [-0.2, -0.15) is 9.97 Å². The Morgan fingerprint density at radius 3 is 2.43 bits per heavy atom. The fourth-order valence-corrected chi connectivity index (χ4v) is 1.89. The van der Waals surface area contributed by atoms with Crippen molar-refractivity contribution in [3.63, 3.8) is 0 Å². The van der Waals surface area contributed by atoms with Crippen molar-refractivity contribution in [2.75, 3.05) is 14.2 Å². The van der Waals surface area contributed by atoms with Crippen LogP contribution >= 0.6 is 11.6 Å². The van der Waals surface area contributed by atoms with Crippen LogP contribution in [0.2, 0.25) is 5.02 Å². The van der Waals surface area contributed by atoms with E-state index < -0.39 is 5.97 Å². The van der Waals surface area contributed by atoms with Crippen LogP contribution < -0.4 is 14.2 Å². The second kappa shape index (κ2) is 7.46. The molecule has 8 heteroatoms. The number of nitrogens with zero attached hydrogens (tertiary/aromatic N) is 2. The number of carboxylic acid groups (broad SMARTS) is 1. The fraction of sp³-hybridized carbons (Fsp3) is 0.133. The standard InChI is InChI=1S/C15H13ClN2O5/c1-21-12-8-13(22-2)18-15(17-12)23-11-5-3-4-10(16)9(11)6-7-14(19)20/h3-8H,1-2H3,(H,19,20)/b7-6+. The number of halogens is 1. The van der Waals surface area contributed by atoms with Gasteiger partial charge in [0.05, 0.1) is 25.3 Å². The molecule has 1 aromatic carbocycles. The van der Waals surface area contributed by atoms with Gasteiger partial charge in [-0.15, -0.1) is 0 Å². The summed E-state index contributed by atoms with van der Waals surface area (Å²) in [6.07, 6.45) is 2.29. The number of carbonyl (C=O) groups is 1. The predicted molar refractivity (Wildman–Crippen MR) is 83.3 cm³/mol. The van der Waals surface area contributed by atoms with E-state index in [2.05, 4.69) is 9.97 Å². The first-order chi connectivity index (χ1) is 11.0. The number of carboxylic acids is 1. The van der Waals surface area contributed by atoms with Gasteiger partial charge in [-0.1, -0.05) is 17.7 Å². The molecule has 0 saturated carbocycles. The fourth-order valence-electron chi connectivity index (χ4n) is 1.66. The van der Waals surface area contributed by atoms with E-state index in [1.54, 1.807) is 18.2 Å². The van der Waals surface area contributed by atoms with E-state index in [1.165, 1.54) is 26.4 Å². The summed E-state index contributed by atoms with van der Waals surface area (Å²) in [6, 6.07) is 6.36. The first-order valence-electron chi connectivity index (χ1n) is 6.38. The van der Waals surface area contributed by atoms with E-state index in [4.69, 9.17) is 30.9 Å². The van der Waals surface area contributed by atoms with Gasteiger partial charge in [0.1, 0.15) is 5.75 Å². The zero-order valence-electron chi connectivity index (χ0n) is 12.3. The molecule has 1 aromatic heterocycles. The monoisotopic (exact) mass is 336 g/mol. The second-order valence-electron chi connectivity index (χ2n) is 4.16. The molecule has 0 aliphatic heterocycles. The molecule has 0 aliphatic carbocycles. The average Bonchev–Trinajstić information content (AvgIpc) is 2.53. The van der Waals surface area contributed by atoms with Crippen LogP contribution in [0.3, 0.4) is 0 Å². The SMILES string of the molecule is COc1cc(OC)nc(Oc2cccc(Cl)c2/C=C/C(=O)O)n1. The van der Waals surface area contributed by atoms with Gasteiger partial charge in [0, 0.05) is 11.6 Å². The third-order valence-corrected chi connectivity index (χ3v) is 3.01. The molecule has 0 fully saturated rings. The van der Waals surface area contributed by atoms with Crippen LogP contribution in [0.15, 0.2) is 30.3 Å². The summed E-state index contributed by atoms with van der Waals surface area (Å²) in [4.78, 5) is 18.8. The number of ether oxygens (including phenoxy) is 3. The van der Waals surface area contributed by atoms with E-state index in [1.807, 2.05) is 0 Å². The van der Waals surface area contributed by atoms with E-state index in [9.17, 15) is 4.79 Å². The minimum absolute atomic E-state index is 0.0200. The maximum Gasteiger partial charge on any atom is 0.328 e. The average molecular weight is 337 g/mol. The summed E-state index contributed by atoms with van der Waals surface area (Å²) in [6.45, 7) is 0. The van der Waals surface area contributed by atoms with Gasteiger partial charge in [0.15, 0.2) is 0 Å². The topological polar surface area (TPSA) is 90.8 Å². The number of aliphatic carboxylic acids is 1. The Bertz CT molecular complexity index is 726. The Balaban J connectivity index is 2.40. The van der Waals surface area contributed by atoms with Crippen LogP contribution in [0.5, 0.6) is 23.5 Å². The van der Waals surface area contributed by atoms with E-state index in [0.717, 1.165) is 6.08 Å². The lowest BCUT2D eigenvalue weighted by molar-refractivity contribution is -0.131. The molecule has 1 N–H and O–H groups in total. The maximum absolute atomic E-state index is 10.7. The minimum Gasteiger partial charge on any atom is -0.481 e. The molecule has 1 heterocycles. The molecule has 0 amide bonds. The summed E-state index contributed by atoms with van der Waals surface area (Å²) >= 11 is 6.08. The highest BCUT2D eigenvalue weighted by atomic mass is 35.5. The Labute approximate surface area is 137 Å². The molecule has 0 unspecified atom stereocenters. The molecule has 0 atom stereocenters. The lowest BCUT2D eigenvalue weighted by Gasteiger charge is -2.10. The molecule has 23 heavy (non-hydrogen) atoms. The normalized spacial score (nSPS) is 10.6. The van der Waals surface area contributed by atoms with Crippen molar-refractivity contribution in [3.8, 4) is 23.5 Å². The zero-order chi connectivity index (χ0) is 16.8. The van der Waals surface area contributed by atoms with Crippen molar-refractivity contribution in [3.05, 3.63) is 40.9 Å². The largest absolute Gasteiger partial charge is 0.481 e. The Kier molecular flexibility index (Phi) is 5.37. The highest BCUT2D eigenvalue weighted by molar-refractivity contribution is 6.32. The van der Waals surface area contributed by atoms with Crippen molar-refractivity contribution in [1.29, 1.82) is 0 Å². The van der Waals surface area contributed by atoms with Gasteiger partial charge in [0.25, 0.3) is 0 Å². The Morgan fingerprint density at radius 1 is 1.22 bits per heavy atom. The van der Waals surface area contributed by atoms with E-state index in [0.29, 0.717) is 16.3 Å². The summed E-state index contributed by atoms with van der Waals surface area (Å²) in [7, 11) is 2.90. The van der Waals surface area contributed by atoms with Gasteiger partial charge >= 0.3 is 12.0 Å². The van der Waals surface area contributed by atoms with Gasteiger partial charge in [-0.25, -0.2) is 4.79 Å². The Hall–Kier alpha value is -2.80. The van der Waals surface area contributed by atoms with Gasteiger partial charge in [0.2, 0.25) is 11.8 Å². The molecule has 2 aromatic rings. The zero-order valence-corrected chi connectivity index (χ0v) is 13.1. The Morgan fingerprint density at radius 2 is 1.87 bits per heavy atom. The molecule has 7 nitrogen and oxygen atoms in total. The van der Waals surface area contributed by atoms with E-state index in [-0.39, 0.29) is 17.8 Å². The smallest absolute Gasteiger partial charge is 0.328 e. The van der Waals surface area contributed by atoms with Crippen LogP contribution in [-0.2, 0) is 4.79 Å². The van der Waals surface area contributed by atoms with Crippen LogP contribution in [-0.4, -0.2) is 35.3 Å². The summed E-state index contributed by atoms with van der Waals surface area (Å²) < 4.78 is 15.7. The number of hydrogen-bond donors (Lipinski definition) is 1. The highest BCUT2D eigenvalue weighted by Gasteiger charge is 2.11. The lowest BCUT2D eigenvalue weighted by Crippen LogP contribution is -1.99. The quantitative estimate of drug-likeness (QED) is 0.810. The van der Waals surface area contributed by atoms with Gasteiger partial charge < -0.3 is 19.3 Å². The van der Waals surface area contributed by atoms with E-state index >= 15 is 0 Å². The van der Waals surface area contributed by atoms with Gasteiger partial charge in [-0.3, -0.25) is 0 Å². The lowest BCUT2D eigenvalue weighted by atomic mass is 10.2. The highest BCUT2D eigenvalue weighted by Crippen LogP contribution is 2.31. The van der Waals surface area contributed by atoms with Crippen molar-refractivity contribution >= 4 is 23.6 Å². The predicted octanol–water partition coefficient (Wildman–Crippen LogP) is 3.04. The van der Waals surface area contributed by atoms with Crippen molar-refractivity contribution in [1.82, 2.24) is 9.97 Å². The van der Waals surface area contributed by atoms with Crippen LogP contribution in [0, 0.1) is 0 Å². The van der Waals surface area contributed by atoms with Crippen molar-refractivity contribution in [2.45, 2.75) is 0 Å². The first-order valence-corrected chi connectivity index (χ1v) is 6.75. The number of rotatable bonds is 6. The minimum atomic E-state index is -1.10. The molecule has 0 spiro atoms. The molecule has 120 valence electrons. The molecular weight excluding hydrogens is 324 g/mol. The molecule has 2 rings (SSSR count). The molecule has 0 bridgehead atoms. The molecule has 0 radical (unpaired) electrons. The van der Waals surface area contributed by atoms with Gasteiger partial charge in [-0.05, 0) is 18.2 Å². The van der Waals surface area contributed by atoms with Crippen LogP contribution in [0.4, 0.5) is 0 Å². The maximum atomic E-state index is 10.7. The third kappa shape index (κ3) is 4.33. The molecule has 0 saturated heterocycles. The number of methoxy groups -OCH3 is 2. The summed E-state index contributed by atoms with van der Waals surface area (Å²) in [5.74, 6) is -0.284. The third-order valence-electron chi connectivity index (χ3n) is 2.68. The second-order valence-corrected chi connectivity index (χ2v) is 4.57. The first kappa shape index (κ1) is 16.6. The van der Waals surface area contributed by atoms with Crippen molar-refractivity contribution in [2.24, 2.45) is 0 Å². The van der Waals surface area contributed by atoms with Crippen LogP contribution in [0.25, 0.3) is 6.08 Å². The summed E-state index contributed by atoms with van der Waals surface area (Å²) in [5, 5.41) is 9.08. The van der Waals surface area contributed by atoms with Crippen molar-refractivity contribution < 1.29 is 24.1 Å². The summed E-state index contributed by atoms with van der Waals surface area (Å²) in [5.41, 5.74) is 0.391. The molecule has 0 aliphatic rings.